The molecule has 0 aliphatic heterocycles. The Morgan fingerprint density at radius 3 is 2.62 bits per heavy atom. The van der Waals surface area contributed by atoms with Crippen molar-refractivity contribution in [2.24, 2.45) is 0 Å². The van der Waals surface area contributed by atoms with Gasteiger partial charge < -0.3 is 4.74 Å². The lowest BCUT2D eigenvalue weighted by Crippen LogP contribution is -1.98. The molecule has 0 radical (unpaired) electrons. The molecule has 0 N–H and O–H groups in total. The van der Waals surface area contributed by atoms with Gasteiger partial charge in [-0.3, -0.25) is 0 Å². The van der Waals surface area contributed by atoms with E-state index in [0.29, 0.717) is 0 Å². The van der Waals surface area contributed by atoms with Crippen LogP contribution in [0.4, 0.5) is 0 Å². The maximum absolute atomic E-state index is 5.72. The maximum atomic E-state index is 5.72. The molecule has 1 aromatic rings. The monoisotopic (exact) mass is 240 g/mol. The fraction of sp³-hybridized carbons (Fsp3) is 0.571. The highest BCUT2D eigenvalue weighted by molar-refractivity contribution is 6.17. The lowest BCUT2D eigenvalue weighted by atomic mass is 10.0. The summed E-state index contributed by atoms with van der Waals surface area (Å²) in [5.41, 5.74) is 2.80. The summed E-state index contributed by atoms with van der Waals surface area (Å²) in [6.07, 6.45) is 4.22. The number of hydrogen-bond acceptors (Lipinski definition) is 1. The molecule has 2 heteroatoms. The first kappa shape index (κ1) is 13.4. The van der Waals surface area contributed by atoms with Crippen LogP contribution in [0.25, 0.3) is 0 Å². The summed E-state index contributed by atoms with van der Waals surface area (Å²) in [6.45, 7) is 5.10. The van der Waals surface area contributed by atoms with Crippen molar-refractivity contribution in [3.05, 3.63) is 29.3 Å². The van der Waals surface area contributed by atoms with Gasteiger partial charge in [0.25, 0.3) is 0 Å². The summed E-state index contributed by atoms with van der Waals surface area (Å²) in [5, 5.41) is 0. The minimum atomic E-state index is 0.733. The van der Waals surface area contributed by atoms with Crippen LogP contribution in [0.5, 0.6) is 5.75 Å². The van der Waals surface area contributed by atoms with Crippen molar-refractivity contribution in [3.8, 4) is 5.75 Å². The standard InChI is InChI=1S/C14H21ClO/c1-3-10-16-14-8-7-13(6-5-9-15)12(4-2)11-14/h7-8,11H,3-6,9-10H2,1-2H3. The summed E-state index contributed by atoms with van der Waals surface area (Å²) < 4.78 is 5.63. The van der Waals surface area contributed by atoms with E-state index in [9.17, 15) is 0 Å². The molecule has 0 bridgehead atoms. The van der Waals surface area contributed by atoms with Gasteiger partial charge in [-0.15, -0.1) is 11.6 Å². The van der Waals surface area contributed by atoms with Gasteiger partial charge in [0.2, 0.25) is 0 Å². The molecule has 0 aliphatic rings. The van der Waals surface area contributed by atoms with Crippen LogP contribution in [-0.2, 0) is 12.8 Å². The second-order valence-corrected chi connectivity index (χ2v) is 4.30. The number of hydrogen-bond donors (Lipinski definition) is 0. The predicted molar refractivity (Wildman–Crippen MR) is 70.6 cm³/mol. The summed E-state index contributed by atoms with van der Waals surface area (Å²) in [5.74, 6) is 1.73. The number of alkyl halides is 1. The van der Waals surface area contributed by atoms with Crippen LogP contribution in [0.15, 0.2) is 18.2 Å². The van der Waals surface area contributed by atoms with Crippen molar-refractivity contribution in [1.29, 1.82) is 0 Å². The first-order valence-corrected chi connectivity index (χ1v) is 6.65. The van der Waals surface area contributed by atoms with Gasteiger partial charge in [-0.05, 0) is 48.9 Å². The van der Waals surface area contributed by atoms with Crippen molar-refractivity contribution in [2.75, 3.05) is 12.5 Å². The normalized spacial score (nSPS) is 10.4. The molecule has 0 unspecified atom stereocenters. The molecule has 0 atom stereocenters. The largest absolute Gasteiger partial charge is 0.494 e. The lowest BCUT2D eigenvalue weighted by molar-refractivity contribution is 0.317. The van der Waals surface area contributed by atoms with Gasteiger partial charge in [0.15, 0.2) is 0 Å². The van der Waals surface area contributed by atoms with E-state index in [1.54, 1.807) is 0 Å². The quantitative estimate of drug-likeness (QED) is 0.649. The van der Waals surface area contributed by atoms with E-state index in [-0.39, 0.29) is 0 Å². The van der Waals surface area contributed by atoms with Crippen LogP contribution in [-0.4, -0.2) is 12.5 Å². The van der Waals surface area contributed by atoms with Crippen molar-refractivity contribution >= 4 is 11.6 Å². The van der Waals surface area contributed by atoms with E-state index in [1.807, 2.05) is 0 Å². The molecule has 90 valence electrons. The Bertz CT molecular complexity index is 310. The van der Waals surface area contributed by atoms with Gasteiger partial charge in [0.1, 0.15) is 5.75 Å². The van der Waals surface area contributed by atoms with Crippen molar-refractivity contribution < 1.29 is 4.74 Å². The molecule has 1 rings (SSSR count). The molecule has 16 heavy (non-hydrogen) atoms. The third kappa shape index (κ3) is 4.05. The summed E-state index contributed by atoms with van der Waals surface area (Å²) in [7, 11) is 0. The Labute approximate surface area is 104 Å². The number of ether oxygens (including phenoxy) is 1. The van der Waals surface area contributed by atoms with E-state index in [4.69, 9.17) is 16.3 Å². The summed E-state index contributed by atoms with van der Waals surface area (Å²) in [4.78, 5) is 0. The summed E-state index contributed by atoms with van der Waals surface area (Å²) >= 11 is 5.72. The van der Waals surface area contributed by atoms with Gasteiger partial charge in [0.05, 0.1) is 6.61 Å². The minimum Gasteiger partial charge on any atom is -0.494 e. The number of benzene rings is 1. The van der Waals surface area contributed by atoms with Crippen molar-refractivity contribution in [3.63, 3.8) is 0 Å². The fourth-order valence-corrected chi connectivity index (χ4v) is 1.88. The van der Waals surface area contributed by atoms with Gasteiger partial charge in [0, 0.05) is 5.88 Å². The molecule has 1 aromatic carbocycles. The number of halogens is 1. The molecule has 0 aliphatic carbocycles. The third-order valence-electron chi connectivity index (χ3n) is 2.61. The summed E-state index contributed by atoms with van der Waals surface area (Å²) in [6, 6.07) is 6.41. The van der Waals surface area contributed by atoms with Gasteiger partial charge in [-0.1, -0.05) is 19.9 Å². The Kier molecular flexibility index (Phi) is 6.32. The minimum absolute atomic E-state index is 0.733. The van der Waals surface area contributed by atoms with Crippen LogP contribution >= 0.6 is 11.6 Å². The van der Waals surface area contributed by atoms with Gasteiger partial charge in [-0.25, -0.2) is 0 Å². The van der Waals surface area contributed by atoms with Crippen LogP contribution < -0.4 is 4.74 Å². The molecule has 0 amide bonds. The first-order chi connectivity index (χ1) is 7.81. The zero-order valence-electron chi connectivity index (χ0n) is 10.3. The average Bonchev–Trinajstić information content (AvgIpc) is 2.34. The highest BCUT2D eigenvalue weighted by Crippen LogP contribution is 2.20. The van der Waals surface area contributed by atoms with Crippen molar-refractivity contribution in [2.45, 2.75) is 39.5 Å². The molecule has 1 nitrogen and oxygen atoms in total. The zero-order chi connectivity index (χ0) is 11.8. The molecule has 0 spiro atoms. The fourth-order valence-electron chi connectivity index (χ4n) is 1.74. The van der Waals surface area contributed by atoms with Gasteiger partial charge in [-0.2, -0.15) is 0 Å². The second-order valence-electron chi connectivity index (χ2n) is 3.93. The highest BCUT2D eigenvalue weighted by atomic mass is 35.5. The van der Waals surface area contributed by atoms with Gasteiger partial charge >= 0.3 is 0 Å². The maximum Gasteiger partial charge on any atom is 0.119 e. The second kappa shape index (κ2) is 7.56. The van der Waals surface area contributed by atoms with E-state index in [0.717, 1.165) is 43.9 Å². The average molecular weight is 241 g/mol. The van der Waals surface area contributed by atoms with E-state index >= 15 is 0 Å². The number of aryl methyl sites for hydroxylation is 2. The van der Waals surface area contributed by atoms with E-state index in [1.165, 1.54) is 11.1 Å². The molecule has 0 heterocycles. The van der Waals surface area contributed by atoms with E-state index < -0.39 is 0 Å². The zero-order valence-corrected chi connectivity index (χ0v) is 11.0. The molecule has 0 aromatic heterocycles. The Morgan fingerprint density at radius 1 is 1.19 bits per heavy atom. The topological polar surface area (TPSA) is 9.23 Å². The lowest BCUT2D eigenvalue weighted by Gasteiger charge is -2.10. The van der Waals surface area contributed by atoms with Crippen LogP contribution in [0, 0.1) is 0 Å². The molecule has 0 fully saturated rings. The van der Waals surface area contributed by atoms with Crippen LogP contribution in [0.2, 0.25) is 0 Å². The molecular weight excluding hydrogens is 220 g/mol. The van der Waals surface area contributed by atoms with Crippen LogP contribution in [0.3, 0.4) is 0 Å². The molecule has 0 saturated heterocycles. The highest BCUT2D eigenvalue weighted by Gasteiger charge is 2.03. The molecule has 0 saturated carbocycles. The Balaban J connectivity index is 2.71. The Hall–Kier alpha value is -0.690. The first-order valence-electron chi connectivity index (χ1n) is 6.12. The SMILES string of the molecule is CCCOc1ccc(CCCCl)c(CC)c1. The number of rotatable bonds is 7. The Morgan fingerprint density at radius 2 is 2.00 bits per heavy atom. The smallest absolute Gasteiger partial charge is 0.119 e. The van der Waals surface area contributed by atoms with Crippen molar-refractivity contribution in [1.82, 2.24) is 0 Å². The predicted octanol–water partition coefficient (Wildman–Crippen LogP) is 4.21. The molecular formula is C14H21ClO. The van der Waals surface area contributed by atoms with E-state index in [2.05, 4.69) is 32.0 Å². The van der Waals surface area contributed by atoms with Crippen LogP contribution in [0.1, 0.15) is 37.8 Å². The third-order valence-corrected chi connectivity index (χ3v) is 2.88.